The zero-order chi connectivity index (χ0) is 13.7. The third-order valence-electron chi connectivity index (χ3n) is 3.60. The molecule has 1 aliphatic rings. The minimum atomic E-state index is -0.250. The number of likely N-dealkylation sites (tertiary alicyclic amines) is 1. The lowest BCUT2D eigenvalue weighted by Crippen LogP contribution is -2.45. The van der Waals surface area contributed by atoms with Gasteiger partial charge in [0.25, 0.3) is 0 Å². The third-order valence-corrected chi connectivity index (χ3v) is 3.60. The van der Waals surface area contributed by atoms with Crippen molar-refractivity contribution in [2.75, 3.05) is 19.6 Å². The Labute approximate surface area is 109 Å². The van der Waals surface area contributed by atoms with Crippen LogP contribution in [0.1, 0.15) is 33.1 Å². The van der Waals surface area contributed by atoms with E-state index in [-0.39, 0.29) is 23.7 Å². The van der Waals surface area contributed by atoms with Gasteiger partial charge in [-0.05, 0) is 25.2 Å². The molecule has 4 N–H and O–H groups in total. The summed E-state index contributed by atoms with van der Waals surface area (Å²) in [6.45, 7) is 5.83. The summed E-state index contributed by atoms with van der Waals surface area (Å²) in [7, 11) is 0. The first-order valence-electron chi connectivity index (χ1n) is 6.73. The van der Waals surface area contributed by atoms with E-state index < -0.39 is 0 Å². The summed E-state index contributed by atoms with van der Waals surface area (Å²) in [5.74, 6) is 0.185. The summed E-state index contributed by atoms with van der Waals surface area (Å²) >= 11 is 0. The highest BCUT2D eigenvalue weighted by Gasteiger charge is 2.29. The maximum absolute atomic E-state index is 12.3. The largest absolute Gasteiger partial charge is 0.369 e. The van der Waals surface area contributed by atoms with Gasteiger partial charge >= 0.3 is 0 Å². The van der Waals surface area contributed by atoms with Crippen LogP contribution in [0.2, 0.25) is 0 Å². The van der Waals surface area contributed by atoms with Crippen molar-refractivity contribution in [1.29, 1.82) is 0 Å². The fourth-order valence-electron chi connectivity index (χ4n) is 2.51. The molecule has 0 saturated carbocycles. The van der Waals surface area contributed by atoms with E-state index in [2.05, 4.69) is 13.8 Å². The third kappa shape index (κ3) is 3.98. The minimum Gasteiger partial charge on any atom is -0.369 e. The quantitative estimate of drug-likeness (QED) is 0.742. The van der Waals surface area contributed by atoms with E-state index in [0.29, 0.717) is 38.4 Å². The van der Waals surface area contributed by atoms with Gasteiger partial charge in [0.1, 0.15) is 0 Å². The molecule has 18 heavy (non-hydrogen) atoms. The van der Waals surface area contributed by atoms with Crippen molar-refractivity contribution in [2.24, 2.45) is 29.2 Å². The average Bonchev–Trinajstić information content (AvgIpc) is 2.35. The number of piperidine rings is 1. The molecule has 104 valence electrons. The summed E-state index contributed by atoms with van der Waals surface area (Å²) in [6, 6.07) is 0. The number of hydrogen-bond donors (Lipinski definition) is 2. The van der Waals surface area contributed by atoms with Crippen molar-refractivity contribution in [3.8, 4) is 0 Å². The normalized spacial score (nSPS) is 19.0. The van der Waals surface area contributed by atoms with Crippen LogP contribution in [0.15, 0.2) is 0 Å². The lowest BCUT2D eigenvalue weighted by molar-refractivity contribution is -0.138. The highest BCUT2D eigenvalue weighted by atomic mass is 16.2. The van der Waals surface area contributed by atoms with Crippen molar-refractivity contribution in [2.45, 2.75) is 33.1 Å². The van der Waals surface area contributed by atoms with Crippen molar-refractivity contribution >= 4 is 11.8 Å². The molecule has 1 atom stereocenters. The van der Waals surface area contributed by atoms with Gasteiger partial charge in [0, 0.05) is 25.6 Å². The van der Waals surface area contributed by atoms with E-state index in [4.69, 9.17) is 11.5 Å². The molecular formula is C13H25N3O2. The van der Waals surface area contributed by atoms with Gasteiger partial charge < -0.3 is 16.4 Å². The van der Waals surface area contributed by atoms with Crippen LogP contribution >= 0.6 is 0 Å². The molecule has 0 aromatic rings. The van der Waals surface area contributed by atoms with Crippen molar-refractivity contribution < 1.29 is 9.59 Å². The molecule has 5 nitrogen and oxygen atoms in total. The average molecular weight is 255 g/mol. The van der Waals surface area contributed by atoms with E-state index in [1.54, 1.807) is 0 Å². The fourth-order valence-corrected chi connectivity index (χ4v) is 2.51. The van der Waals surface area contributed by atoms with Gasteiger partial charge in [0.2, 0.25) is 11.8 Å². The maximum atomic E-state index is 12.3. The number of hydrogen-bond acceptors (Lipinski definition) is 3. The molecular weight excluding hydrogens is 230 g/mol. The molecule has 1 rings (SSSR count). The van der Waals surface area contributed by atoms with Crippen LogP contribution in [0, 0.1) is 17.8 Å². The van der Waals surface area contributed by atoms with Crippen LogP contribution in [-0.4, -0.2) is 36.3 Å². The fraction of sp³-hybridized carbons (Fsp3) is 0.846. The highest BCUT2D eigenvalue weighted by molar-refractivity contribution is 5.80. The Balaban J connectivity index is 2.50. The molecule has 0 aliphatic carbocycles. The van der Waals surface area contributed by atoms with Gasteiger partial charge in [-0.15, -0.1) is 0 Å². The molecule has 2 amide bonds. The van der Waals surface area contributed by atoms with Crippen LogP contribution in [0.25, 0.3) is 0 Å². The summed E-state index contributed by atoms with van der Waals surface area (Å²) in [6.07, 6.45) is 2.19. The van der Waals surface area contributed by atoms with Gasteiger partial charge in [-0.2, -0.15) is 0 Å². The molecule has 0 bridgehead atoms. The van der Waals surface area contributed by atoms with Crippen LogP contribution in [0.4, 0.5) is 0 Å². The Morgan fingerprint density at radius 3 is 2.22 bits per heavy atom. The van der Waals surface area contributed by atoms with E-state index in [1.165, 1.54) is 0 Å². The van der Waals surface area contributed by atoms with Gasteiger partial charge in [0.15, 0.2) is 0 Å². The van der Waals surface area contributed by atoms with Crippen molar-refractivity contribution in [3.05, 3.63) is 0 Å². The van der Waals surface area contributed by atoms with Gasteiger partial charge in [-0.1, -0.05) is 13.8 Å². The highest BCUT2D eigenvalue weighted by Crippen LogP contribution is 2.20. The first kappa shape index (κ1) is 15.0. The van der Waals surface area contributed by atoms with E-state index in [1.807, 2.05) is 4.90 Å². The zero-order valence-electron chi connectivity index (χ0n) is 11.4. The summed E-state index contributed by atoms with van der Waals surface area (Å²) in [4.78, 5) is 25.2. The first-order valence-corrected chi connectivity index (χ1v) is 6.73. The zero-order valence-corrected chi connectivity index (χ0v) is 11.4. The van der Waals surface area contributed by atoms with Gasteiger partial charge in [-0.3, -0.25) is 9.59 Å². The predicted octanol–water partition coefficient (Wildman–Crippen LogP) is 0.331. The first-order chi connectivity index (χ1) is 8.45. The van der Waals surface area contributed by atoms with Crippen LogP contribution in [-0.2, 0) is 9.59 Å². The molecule has 0 aromatic carbocycles. The maximum Gasteiger partial charge on any atom is 0.226 e. The number of carbonyl (C=O) groups excluding carboxylic acids is 2. The second kappa shape index (κ2) is 6.73. The van der Waals surface area contributed by atoms with Crippen molar-refractivity contribution in [1.82, 2.24) is 4.90 Å². The Morgan fingerprint density at radius 2 is 1.83 bits per heavy atom. The van der Waals surface area contributed by atoms with E-state index in [9.17, 15) is 9.59 Å². The van der Waals surface area contributed by atoms with E-state index >= 15 is 0 Å². The molecule has 5 heteroatoms. The second-order valence-corrected chi connectivity index (χ2v) is 5.56. The number of carbonyl (C=O) groups is 2. The molecule has 1 heterocycles. The lowest BCUT2D eigenvalue weighted by Gasteiger charge is -2.33. The SMILES string of the molecule is CC(C)CC(CN)C(=O)N1CCC(C(N)=O)CC1. The Bertz CT molecular complexity index is 297. The van der Waals surface area contributed by atoms with Gasteiger partial charge in [0.05, 0.1) is 5.92 Å². The minimum absolute atomic E-state index is 0.0736. The topological polar surface area (TPSA) is 89.4 Å². The Morgan fingerprint density at radius 1 is 1.28 bits per heavy atom. The number of nitrogens with zero attached hydrogens (tertiary/aromatic N) is 1. The molecule has 1 aliphatic heterocycles. The molecule has 0 spiro atoms. The monoisotopic (exact) mass is 255 g/mol. The lowest BCUT2D eigenvalue weighted by atomic mass is 9.92. The number of amides is 2. The number of rotatable bonds is 5. The standard InChI is InChI=1S/C13H25N3O2/c1-9(2)7-11(8-14)13(18)16-5-3-10(4-6-16)12(15)17/h9-11H,3-8,14H2,1-2H3,(H2,15,17). The molecule has 1 unspecified atom stereocenters. The summed E-state index contributed by atoms with van der Waals surface area (Å²) in [5.41, 5.74) is 11.0. The summed E-state index contributed by atoms with van der Waals surface area (Å²) in [5, 5.41) is 0. The molecule has 1 saturated heterocycles. The molecule has 1 fully saturated rings. The smallest absolute Gasteiger partial charge is 0.226 e. The van der Waals surface area contributed by atoms with E-state index in [0.717, 1.165) is 6.42 Å². The molecule has 0 radical (unpaired) electrons. The van der Waals surface area contributed by atoms with Crippen LogP contribution < -0.4 is 11.5 Å². The second-order valence-electron chi connectivity index (χ2n) is 5.56. The Hall–Kier alpha value is -1.10. The van der Waals surface area contributed by atoms with Crippen LogP contribution in [0.5, 0.6) is 0 Å². The van der Waals surface area contributed by atoms with Gasteiger partial charge in [-0.25, -0.2) is 0 Å². The van der Waals surface area contributed by atoms with Crippen LogP contribution in [0.3, 0.4) is 0 Å². The number of primary amides is 1. The molecule has 0 aromatic heterocycles. The Kier molecular flexibility index (Phi) is 5.59. The predicted molar refractivity (Wildman–Crippen MR) is 70.5 cm³/mol. The van der Waals surface area contributed by atoms with Crippen molar-refractivity contribution in [3.63, 3.8) is 0 Å². The summed E-state index contributed by atoms with van der Waals surface area (Å²) < 4.78 is 0. The number of nitrogens with two attached hydrogens (primary N) is 2.